The van der Waals surface area contributed by atoms with Gasteiger partial charge in [0.15, 0.2) is 5.82 Å². The van der Waals surface area contributed by atoms with Gasteiger partial charge in [-0.25, -0.2) is 0 Å². The molecule has 0 bridgehead atoms. The number of aromatic nitrogens is 3. The van der Waals surface area contributed by atoms with Crippen LogP contribution in [0, 0.1) is 12.8 Å². The van der Waals surface area contributed by atoms with Crippen molar-refractivity contribution in [2.75, 3.05) is 74.5 Å². The van der Waals surface area contributed by atoms with Crippen LogP contribution < -0.4 is 20.9 Å². The predicted octanol–water partition coefficient (Wildman–Crippen LogP) is 7.15. The van der Waals surface area contributed by atoms with E-state index in [2.05, 4.69) is 73.2 Å². The van der Waals surface area contributed by atoms with Crippen LogP contribution in [0.3, 0.4) is 0 Å². The smallest absolute Gasteiger partial charge is 0.253 e. The zero-order valence-corrected chi connectivity index (χ0v) is 32.8. The van der Waals surface area contributed by atoms with Gasteiger partial charge < -0.3 is 35.0 Å². The van der Waals surface area contributed by atoms with Crippen molar-refractivity contribution in [2.24, 2.45) is 5.92 Å². The van der Waals surface area contributed by atoms with Gasteiger partial charge in [-0.3, -0.25) is 10.1 Å². The van der Waals surface area contributed by atoms with E-state index >= 15 is 0 Å². The highest BCUT2D eigenvalue weighted by Crippen LogP contribution is 2.37. The third kappa shape index (κ3) is 7.70. The van der Waals surface area contributed by atoms with Gasteiger partial charge in [0.1, 0.15) is 5.75 Å². The number of amides is 1. The Kier molecular flexibility index (Phi) is 9.92. The number of hydrogen-bond acceptors (Lipinski definition) is 9. The molecule has 5 aromatic rings. The Balaban J connectivity index is 0.764. The van der Waals surface area contributed by atoms with Crippen LogP contribution in [0.1, 0.15) is 74.8 Å². The molecular formula is C46H55N9O2. The molecular weight excluding hydrogens is 711 g/mol. The van der Waals surface area contributed by atoms with E-state index in [9.17, 15) is 9.90 Å². The summed E-state index contributed by atoms with van der Waals surface area (Å²) in [6, 6.07) is 26.4. The molecule has 296 valence electrons. The summed E-state index contributed by atoms with van der Waals surface area (Å²) in [7, 11) is 0. The Morgan fingerprint density at radius 2 is 1.72 bits per heavy atom. The summed E-state index contributed by atoms with van der Waals surface area (Å²) in [5, 5.41) is 23.0. The number of rotatable bonds is 8. The molecule has 4 aliphatic rings. The van der Waals surface area contributed by atoms with Crippen LogP contribution in [0.25, 0.3) is 22.2 Å². The second-order valence-electron chi connectivity index (χ2n) is 16.3. The average Bonchev–Trinajstić information content (AvgIpc) is 3.60. The van der Waals surface area contributed by atoms with Crippen molar-refractivity contribution in [1.29, 1.82) is 0 Å². The van der Waals surface area contributed by atoms with E-state index in [4.69, 9.17) is 8.48 Å². The van der Waals surface area contributed by atoms with Crippen LogP contribution in [0.2, 0.25) is 0 Å². The summed E-state index contributed by atoms with van der Waals surface area (Å²) in [5.41, 5.74) is 13.8. The van der Waals surface area contributed by atoms with Crippen LogP contribution in [0.5, 0.6) is 5.75 Å². The SMILES string of the molecule is [2H]C1C=CN(c2cccc3c2cc(C)n3C2CCN(CC3CCN(C(=O)c4ccc(C5CCCN(c6cc(-c7ccccc7O)nnc6N)C5)cc4)CC3)CC2)[C@@H]([2H])N1. The highest BCUT2D eigenvalue weighted by Gasteiger charge is 2.30. The van der Waals surface area contributed by atoms with E-state index in [1.807, 2.05) is 46.3 Å². The number of para-hydroxylation sites is 1. The Morgan fingerprint density at radius 1 is 0.912 bits per heavy atom. The van der Waals surface area contributed by atoms with E-state index in [-0.39, 0.29) is 11.7 Å². The van der Waals surface area contributed by atoms with Gasteiger partial charge in [0, 0.05) is 94.1 Å². The number of nitrogens with two attached hydrogens (primary N) is 1. The number of aryl methyl sites for hydroxylation is 1. The lowest BCUT2D eigenvalue weighted by atomic mass is 9.89. The summed E-state index contributed by atoms with van der Waals surface area (Å²) in [6.07, 6.45) is 9.98. The standard InChI is InChI=1S/C46H55N9O2/c1-32-27-39-41(54-22-6-20-48-31-54)9-4-10-42(39)55(32)37-18-23-51(24-19-37)29-33-16-25-52(26-17-33)46(57)35-14-12-34(13-15-35)36-7-5-21-53(30-36)43-28-40(49-50-45(43)47)38-8-2-3-11-44(38)56/h2-4,6,8-15,22,27-28,33,36-37,48,56H,5,7,16-21,23-26,29-31H2,1H3,(H2,47,50)/i20D,31D/t20?,31-,36?/m0/s1. The number of anilines is 3. The van der Waals surface area contributed by atoms with Crippen molar-refractivity contribution in [3.8, 4) is 17.0 Å². The molecule has 2 aromatic heterocycles. The summed E-state index contributed by atoms with van der Waals surface area (Å²) < 4.78 is 19.0. The minimum absolute atomic E-state index is 0.122. The molecule has 0 spiro atoms. The molecule has 3 saturated heterocycles. The van der Waals surface area contributed by atoms with Crippen LogP contribution in [0.4, 0.5) is 17.2 Å². The van der Waals surface area contributed by atoms with Crippen LogP contribution in [-0.4, -0.2) is 94.6 Å². The maximum atomic E-state index is 13.7. The van der Waals surface area contributed by atoms with E-state index < -0.39 is 13.2 Å². The number of carbonyl (C=O) groups excluding carboxylic acids is 1. The fourth-order valence-corrected chi connectivity index (χ4v) is 9.64. The van der Waals surface area contributed by atoms with Crippen LogP contribution in [0.15, 0.2) is 91.1 Å². The molecule has 11 heteroatoms. The van der Waals surface area contributed by atoms with E-state index in [1.165, 1.54) is 16.8 Å². The summed E-state index contributed by atoms with van der Waals surface area (Å²) in [4.78, 5) is 22.5. The number of nitrogen functional groups attached to an aromatic ring is 1. The molecule has 3 aromatic carbocycles. The average molecular weight is 768 g/mol. The number of piperidine rings is 3. The van der Waals surface area contributed by atoms with Crippen molar-refractivity contribution in [2.45, 2.75) is 57.4 Å². The molecule has 2 unspecified atom stereocenters. The van der Waals surface area contributed by atoms with E-state index in [1.54, 1.807) is 18.2 Å². The second kappa shape index (κ2) is 16.2. The van der Waals surface area contributed by atoms with Crippen molar-refractivity contribution < 1.29 is 12.6 Å². The zero-order valence-electron chi connectivity index (χ0n) is 34.8. The first-order valence-corrected chi connectivity index (χ1v) is 20.7. The first-order chi connectivity index (χ1) is 28.7. The Labute approximate surface area is 338 Å². The summed E-state index contributed by atoms with van der Waals surface area (Å²) in [5.74, 6) is 1.55. The molecule has 0 radical (unpaired) electrons. The monoisotopic (exact) mass is 767 g/mol. The van der Waals surface area contributed by atoms with Crippen molar-refractivity contribution in [1.82, 2.24) is 29.9 Å². The number of nitrogens with zero attached hydrogens (tertiary/aromatic N) is 7. The Morgan fingerprint density at radius 3 is 2.51 bits per heavy atom. The lowest BCUT2D eigenvalue weighted by Crippen LogP contribution is -2.43. The van der Waals surface area contributed by atoms with E-state index in [0.29, 0.717) is 35.0 Å². The number of phenols is 1. The number of aromatic hydroxyl groups is 1. The number of carbonyl (C=O) groups is 1. The van der Waals surface area contributed by atoms with Gasteiger partial charge in [-0.05, 0) is 105 Å². The van der Waals surface area contributed by atoms with Gasteiger partial charge in [-0.1, -0.05) is 36.4 Å². The van der Waals surface area contributed by atoms with Crippen LogP contribution in [-0.2, 0) is 0 Å². The number of nitrogens with one attached hydrogen (secondary N) is 1. The minimum Gasteiger partial charge on any atom is -0.507 e. The lowest BCUT2D eigenvalue weighted by Gasteiger charge is -2.38. The van der Waals surface area contributed by atoms with Gasteiger partial charge in [0.05, 0.1) is 30.6 Å². The quantitative estimate of drug-likeness (QED) is 0.151. The Bertz CT molecular complexity index is 2320. The number of benzene rings is 3. The maximum Gasteiger partial charge on any atom is 0.253 e. The fourth-order valence-electron chi connectivity index (χ4n) is 9.64. The topological polar surface area (TPSA) is 119 Å². The predicted molar refractivity (Wildman–Crippen MR) is 229 cm³/mol. The molecule has 4 aliphatic heterocycles. The molecule has 1 amide bonds. The molecule has 6 heterocycles. The third-order valence-corrected chi connectivity index (χ3v) is 12.7. The zero-order chi connectivity index (χ0) is 40.6. The summed E-state index contributed by atoms with van der Waals surface area (Å²) >= 11 is 0. The normalized spacial score (nSPS) is 23.2. The van der Waals surface area contributed by atoms with Crippen molar-refractivity contribution >= 4 is 34.0 Å². The third-order valence-electron chi connectivity index (χ3n) is 12.7. The first-order valence-electron chi connectivity index (χ1n) is 21.8. The number of likely N-dealkylation sites (tertiary alicyclic amines) is 2. The number of hydrogen-bond donors (Lipinski definition) is 3. The van der Waals surface area contributed by atoms with E-state index in [0.717, 1.165) is 107 Å². The molecule has 0 saturated carbocycles. The Hall–Kier alpha value is -5.39. The summed E-state index contributed by atoms with van der Waals surface area (Å²) in [6.45, 7) is 7.41. The van der Waals surface area contributed by atoms with Crippen LogP contribution >= 0.6 is 0 Å². The largest absolute Gasteiger partial charge is 0.507 e. The maximum absolute atomic E-state index is 13.7. The number of phenolic OH excluding ortho intramolecular Hbond substituents is 1. The highest BCUT2D eigenvalue weighted by molar-refractivity contribution is 5.95. The minimum atomic E-state index is -0.691. The highest BCUT2D eigenvalue weighted by atomic mass is 16.3. The molecule has 9 rings (SSSR count). The van der Waals surface area contributed by atoms with Gasteiger partial charge in [0.2, 0.25) is 0 Å². The van der Waals surface area contributed by atoms with Gasteiger partial charge in [0.25, 0.3) is 5.91 Å². The number of fused-ring (bicyclic) bond motifs is 1. The second-order valence-corrected chi connectivity index (χ2v) is 16.3. The first kappa shape index (κ1) is 34.8. The molecule has 57 heavy (non-hydrogen) atoms. The van der Waals surface area contributed by atoms with Crippen molar-refractivity contribution in [3.63, 3.8) is 0 Å². The lowest BCUT2D eigenvalue weighted by molar-refractivity contribution is 0.0653. The molecule has 11 nitrogen and oxygen atoms in total. The molecule has 3 atom stereocenters. The van der Waals surface area contributed by atoms with Crippen molar-refractivity contribution in [3.05, 3.63) is 108 Å². The van der Waals surface area contributed by atoms with Gasteiger partial charge in [-0.15, -0.1) is 10.2 Å². The fraction of sp³-hybridized carbons (Fsp3) is 0.413. The molecule has 4 N–H and O–H groups in total. The van der Waals surface area contributed by atoms with Gasteiger partial charge in [-0.2, -0.15) is 0 Å². The molecule has 3 fully saturated rings. The van der Waals surface area contributed by atoms with Gasteiger partial charge >= 0.3 is 0 Å². The molecule has 0 aliphatic carbocycles.